The lowest BCUT2D eigenvalue weighted by atomic mass is 10.1. The maximum Gasteiger partial charge on any atom is 0.379 e. The minimum atomic E-state index is -0.832. The van der Waals surface area contributed by atoms with Crippen LogP contribution in [0.2, 0.25) is 0 Å². The normalized spacial score (nSPS) is 20.6. The van der Waals surface area contributed by atoms with Crippen LogP contribution in [0, 0.1) is 0 Å². The molecule has 1 aliphatic heterocycles. The lowest BCUT2D eigenvalue weighted by Gasteiger charge is -2.17. The molecule has 0 saturated carbocycles. The molecule has 5 nitrogen and oxygen atoms in total. The van der Waals surface area contributed by atoms with E-state index in [1.807, 2.05) is 13.8 Å². The Labute approximate surface area is 117 Å². The monoisotopic (exact) mass is 278 g/mol. The molecule has 1 aromatic rings. The number of carbonyl (C=O) groups is 2. The molecular weight excluding hydrogens is 260 g/mol. The van der Waals surface area contributed by atoms with Crippen molar-refractivity contribution < 1.29 is 23.8 Å². The summed E-state index contributed by atoms with van der Waals surface area (Å²) in [5, 5.41) is 0. The van der Waals surface area contributed by atoms with Crippen LogP contribution in [0.25, 0.3) is 0 Å². The van der Waals surface area contributed by atoms with Crippen LogP contribution < -0.4 is 0 Å². The van der Waals surface area contributed by atoms with Gasteiger partial charge in [-0.2, -0.15) is 0 Å². The Kier molecular flexibility index (Phi) is 4.20. The molecule has 20 heavy (non-hydrogen) atoms. The fourth-order valence-corrected chi connectivity index (χ4v) is 2.01. The summed E-state index contributed by atoms with van der Waals surface area (Å²) in [6, 6.07) is 6.73. The van der Waals surface area contributed by atoms with Gasteiger partial charge in [0.25, 0.3) is 5.78 Å². The highest BCUT2D eigenvalue weighted by Gasteiger charge is 2.33. The Balaban J connectivity index is 2.07. The van der Waals surface area contributed by atoms with Crippen LogP contribution in [0.4, 0.5) is 0 Å². The highest BCUT2D eigenvalue weighted by molar-refractivity contribution is 6.40. The number of hydrogen-bond acceptors (Lipinski definition) is 5. The molecule has 1 fully saturated rings. The zero-order valence-electron chi connectivity index (χ0n) is 11.8. The van der Waals surface area contributed by atoms with Crippen LogP contribution >= 0.6 is 0 Å². The summed E-state index contributed by atoms with van der Waals surface area (Å²) in [4.78, 5) is 23.1. The fourth-order valence-electron chi connectivity index (χ4n) is 2.01. The Morgan fingerprint density at radius 1 is 1.30 bits per heavy atom. The molecule has 0 amide bonds. The van der Waals surface area contributed by atoms with E-state index in [1.54, 1.807) is 31.2 Å². The number of ether oxygens (including phenoxy) is 3. The number of carbonyl (C=O) groups excluding carboxylic acids is 2. The number of hydrogen-bond donors (Lipinski definition) is 0. The molecular formula is C15H18O5. The smallest absolute Gasteiger partial charge is 0.379 e. The van der Waals surface area contributed by atoms with Crippen LogP contribution in [0.3, 0.4) is 0 Å². The molecule has 108 valence electrons. The van der Waals surface area contributed by atoms with Crippen LogP contribution in [0.5, 0.6) is 0 Å². The topological polar surface area (TPSA) is 61.8 Å². The first-order valence-corrected chi connectivity index (χ1v) is 6.56. The second-order valence-electron chi connectivity index (χ2n) is 4.99. The highest BCUT2D eigenvalue weighted by Crippen LogP contribution is 2.32. The maximum absolute atomic E-state index is 11.7. The molecule has 1 aromatic carbocycles. The number of rotatable bonds is 4. The van der Waals surface area contributed by atoms with E-state index in [9.17, 15) is 9.59 Å². The van der Waals surface area contributed by atoms with Gasteiger partial charge in [0.15, 0.2) is 5.79 Å². The fraction of sp³-hybridized carbons (Fsp3) is 0.467. The molecule has 0 N–H and O–H groups in total. The van der Waals surface area contributed by atoms with Crippen molar-refractivity contribution in [2.24, 2.45) is 0 Å². The van der Waals surface area contributed by atoms with Crippen molar-refractivity contribution in [1.82, 2.24) is 0 Å². The SMILES string of the molecule is CCOC(=O)C(=O)c1ccc(C2COC(C)(C)O2)cc1. The van der Waals surface area contributed by atoms with Gasteiger partial charge in [-0.05, 0) is 26.3 Å². The summed E-state index contributed by atoms with van der Waals surface area (Å²) in [6.45, 7) is 6.02. The van der Waals surface area contributed by atoms with Gasteiger partial charge >= 0.3 is 5.97 Å². The third-order valence-corrected chi connectivity index (χ3v) is 3.01. The Hall–Kier alpha value is -1.72. The number of ketones is 1. The van der Waals surface area contributed by atoms with Gasteiger partial charge in [0.05, 0.1) is 13.2 Å². The first-order valence-electron chi connectivity index (χ1n) is 6.56. The van der Waals surface area contributed by atoms with Crippen molar-refractivity contribution in [1.29, 1.82) is 0 Å². The summed E-state index contributed by atoms with van der Waals surface area (Å²) < 4.78 is 15.9. The second-order valence-corrected chi connectivity index (χ2v) is 4.99. The molecule has 0 aromatic heterocycles. The average Bonchev–Trinajstić information content (AvgIpc) is 2.79. The predicted molar refractivity (Wildman–Crippen MR) is 71.3 cm³/mol. The van der Waals surface area contributed by atoms with Crippen LogP contribution in [-0.4, -0.2) is 30.8 Å². The van der Waals surface area contributed by atoms with Gasteiger partial charge in [-0.25, -0.2) is 4.79 Å². The van der Waals surface area contributed by atoms with Crippen molar-refractivity contribution in [3.05, 3.63) is 35.4 Å². The van der Waals surface area contributed by atoms with Crippen molar-refractivity contribution in [2.75, 3.05) is 13.2 Å². The van der Waals surface area contributed by atoms with Crippen molar-refractivity contribution in [3.63, 3.8) is 0 Å². The summed E-state index contributed by atoms with van der Waals surface area (Å²) in [6.07, 6.45) is -0.156. The van der Waals surface area contributed by atoms with E-state index >= 15 is 0 Å². The largest absolute Gasteiger partial charge is 0.460 e. The molecule has 0 bridgehead atoms. The molecule has 1 saturated heterocycles. The van der Waals surface area contributed by atoms with Crippen molar-refractivity contribution in [3.8, 4) is 0 Å². The van der Waals surface area contributed by atoms with E-state index in [4.69, 9.17) is 9.47 Å². The maximum atomic E-state index is 11.7. The molecule has 1 atom stereocenters. The Morgan fingerprint density at radius 2 is 1.95 bits per heavy atom. The van der Waals surface area contributed by atoms with E-state index in [-0.39, 0.29) is 12.7 Å². The minimum Gasteiger partial charge on any atom is -0.460 e. The summed E-state index contributed by atoms with van der Waals surface area (Å²) in [7, 11) is 0. The van der Waals surface area contributed by atoms with Crippen LogP contribution in [-0.2, 0) is 19.0 Å². The summed E-state index contributed by atoms with van der Waals surface area (Å²) in [5.41, 5.74) is 1.22. The lowest BCUT2D eigenvalue weighted by Crippen LogP contribution is -2.19. The molecule has 2 rings (SSSR count). The van der Waals surface area contributed by atoms with Gasteiger partial charge in [0, 0.05) is 5.56 Å². The third-order valence-electron chi connectivity index (χ3n) is 3.01. The van der Waals surface area contributed by atoms with Gasteiger partial charge in [-0.3, -0.25) is 4.79 Å². The van der Waals surface area contributed by atoms with Gasteiger partial charge in [0.1, 0.15) is 6.10 Å². The predicted octanol–water partition coefficient (Wildman–Crippen LogP) is 2.26. The summed E-state index contributed by atoms with van der Waals surface area (Å²) >= 11 is 0. The van der Waals surface area contributed by atoms with Gasteiger partial charge in [0.2, 0.25) is 0 Å². The van der Waals surface area contributed by atoms with Crippen molar-refractivity contribution >= 4 is 11.8 Å². The number of benzene rings is 1. The highest BCUT2D eigenvalue weighted by atomic mass is 16.7. The second kappa shape index (κ2) is 5.73. The third kappa shape index (κ3) is 3.23. The van der Waals surface area contributed by atoms with E-state index in [0.29, 0.717) is 12.2 Å². The molecule has 1 heterocycles. The first-order chi connectivity index (χ1) is 9.43. The zero-order chi connectivity index (χ0) is 14.8. The number of Topliss-reactive ketones (excluding diaryl/α,β-unsaturated/α-hetero) is 1. The van der Waals surface area contributed by atoms with E-state index in [0.717, 1.165) is 5.56 Å². The van der Waals surface area contributed by atoms with Crippen molar-refractivity contribution in [2.45, 2.75) is 32.7 Å². The van der Waals surface area contributed by atoms with E-state index < -0.39 is 17.5 Å². The first kappa shape index (κ1) is 14.7. The van der Waals surface area contributed by atoms with Crippen LogP contribution in [0.15, 0.2) is 24.3 Å². The lowest BCUT2D eigenvalue weighted by molar-refractivity contribution is -0.139. The van der Waals surface area contributed by atoms with Gasteiger partial charge in [-0.1, -0.05) is 24.3 Å². The molecule has 1 unspecified atom stereocenters. The Morgan fingerprint density at radius 3 is 2.45 bits per heavy atom. The molecule has 1 aliphatic rings. The Bertz CT molecular complexity index is 504. The van der Waals surface area contributed by atoms with Gasteiger partial charge in [-0.15, -0.1) is 0 Å². The van der Waals surface area contributed by atoms with E-state index in [1.165, 1.54) is 0 Å². The van der Waals surface area contributed by atoms with E-state index in [2.05, 4.69) is 4.74 Å². The quantitative estimate of drug-likeness (QED) is 0.480. The standard InChI is InChI=1S/C15H18O5/c1-4-18-14(17)13(16)11-7-5-10(6-8-11)12-9-19-15(2,3)20-12/h5-8,12H,4,9H2,1-3H3. The zero-order valence-corrected chi connectivity index (χ0v) is 11.8. The minimum absolute atomic E-state index is 0.156. The van der Waals surface area contributed by atoms with Crippen LogP contribution in [0.1, 0.15) is 42.8 Å². The molecule has 5 heteroatoms. The van der Waals surface area contributed by atoms with Gasteiger partial charge < -0.3 is 14.2 Å². The average molecular weight is 278 g/mol. The number of esters is 1. The molecule has 0 spiro atoms. The molecule has 0 radical (unpaired) electrons. The molecule has 0 aliphatic carbocycles. The summed E-state index contributed by atoms with van der Waals surface area (Å²) in [5.74, 6) is -2.06.